The van der Waals surface area contributed by atoms with Gasteiger partial charge in [-0.25, -0.2) is 10.2 Å². The Kier molecular flexibility index (Phi) is 6.59. The van der Waals surface area contributed by atoms with E-state index in [2.05, 4.69) is 31.8 Å². The molecule has 1 aliphatic heterocycles. The lowest BCUT2D eigenvalue weighted by Crippen LogP contribution is -2.56. The number of carbonyl (C=O) groups excluding carboxylic acids is 3. The van der Waals surface area contributed by atoms with E-state index < -0.39 is 53.9 Å². The number of amides is 3. The van der Waals surface area contributed by atoms with E-state index in [-0.39, 0.29) is 47.9 Å². The first-order valence-electron chi connectivity index (χ1n) is 12.1. The van der Waals surface area contributed by atoms with Gasteiger partial charge in [0.25, 0.3) is 0 Å². The van der Waals surface area contributed by atoms with Crippen molar-refractivity contribution in [1.29, 1.82) is 0 Å². The van der Waals surface area contributed by atoms with Crippen molar-refractivity contribution >= 4 is 39.5 Å². The number of halogens is 4. The molecule has 0 bridgehead atoms. The summed E-state index contributed by atoms with van der Waals surface area (Å²) >= 11 is 3.04. The number of ether oxygens (including phenoxy) is 2. The second kappa shape index (κ2) is 10.1. The number of likely N-dealkylation sites (N-methyl/N-ethyl adjacent to an activating group) is 1. The van der Waals surface area contributed by atoms with Crippen LogP contribution in [0.1, 0.15) is 54.3 Å². The first-order valence-corrected chi connectivity index (χ1v) is 11.4. The molecule has 1 fully saturated rings. The van der Waals surface area contributed by atoms with E-state index in [9.17, 15) is 27.6 Å². The van der Waals surface area contributed by atoms with E-state index >= 15 is 0 Å². The van der Waals surface area contributed by atoms with Crippen LogP contribution in [0.3, 0.4) is 0 Å². The fraction of sp³-hybridized carbons (Fsp3) is 0.545. The lowest BCUT2D eigenvalue weighted by Gasteiger charge is -2.47. The maximum Gasteiger partial charge on any atom is 0.428 e. The molecule has 1 aliphatic carbocycles. The van der Waals surface area contributed by atoms with E-state index in [1.807, 2.05) is 0 Å². The molecule has 1 aromatic carbocycles. The van der Waals surface area contributed by atoms with Crippen molar-refractivity contribution < 1.29 is 41.1 Å². The van der Waals surface area contributed by atoms with Crippen LogP contribution in [0.25, 0.3) is 0 Å². The number of rotatable bonds is 5. The molecule has 13 heteroatoms. The van der Waals surface area contributed by atoms with E-state index in [0.29, 0.717) is 0 Å². The van der Waals surface area contributed by atoms with E-state index in [1.54, 1.807) is 12.2 Å². The summed E-state index contributed by atoms with van der Waals surface area (Å²) in [4.78, 5) is 36.0. The van der Waals surface area contributed by atoms with Crippen molar-refractivity contribution in [3.8, 4) is 0 Å². The minimum atomic E-state index is -4.62. The Morgan fingerprint density at radius 3 is 2.60 bits per heavy atom. The summed E-state index contributed by atoms with van der Waals surface area (Å²) in [5, 5.41) is 8.12. The van der Waals surface area contributed by atoms with Gasteiger partial charge in [0.05, 0.1) is 11.2 Å². The average Bonchev–Trinajstić information content (AvgIpc) is 2.79. The van der Waals surface area contributed by atoms with Gasteiger partial charge in [0.1, 0.15) is 5.71 Å². The normalized spacial score (nSPS) is 26.9. The zero-order chi connectivity index (χ0) is 28.5. The van der Waals surface area contributed by atoms with Gasteiger partial charge in [0.15, 0.2) is 5.60 Å². The summed E-state index contributed by atoms with van der Waals surface area (Å²) in [6.07, 6.45) is -4.41. The van der Waals surface area contributed by atoms with E-state index in [0.717, 1.165) is 6.07 Å². The van der Waals surface area contributed by atoms with Gasteiger partial charge in [-0.1, -0.05) is 12.1 Å². The quantitative estimate of drug-likeness (QED) is 0.474. The number of nitrogens with one attached hydrogen (secondary N) is 3. The first-order chi connectivity index (χ1) is 17.5. The predicted molar refractivity (Wildman–Crippen MR) is 123 cm³/mol. The van der Waals surface area contributed by atoms with Gasteiger partial charge in [0, 0.05) is 34.3 Å². The minimum absolute atomic E-state index is 0.116. The summed E-state index contributed by atoms with van der Waals surface area (Å²) in [5.41, 5.74) is -0.661. The van der Waals surface area contributed by atoms with Crippen LogP contribution in [-0.2, 0) is 25.2 Å². The molecule has 0 unspecified atom stereocenters. The Balaban J connectivity index is 1.79. The number of hydrazone groups is 1. The van der Waals surface area contributed by atoms with E-state index in [1.165, 1.54) is 19.2 Å². The molecule has 1 saturated carbocycles. The lowest BCUT2D eigenvalue weighted by atomic mass is 9.70. The number of carbonyl (C=O) groups is 3. The Labute approximate surface area is 212 Å². The monoisotopic (exact) mass is 565 g/mol. The Morgan fingerprint density at radius 1 is 1.31 bits per heavy atom. The van der Waals surface area contributed by atoms with Crippen molar-refractivity contribution in [2.45, 2.75) is 62.4 Å². The van der Waals surface area contributed by atoms with Crippen molar-refractivity contribution in [3.05, 3.63) is 33.8 Å². The summed E-state index contributed by atoms with van der Waals surface area (Å²) in [6.45, 7) is -1.20. The smallest absolute Gasteiger partial charge is 0.428 e. The molecular weight excluding hydrogens is 537 g/mol. The highest BCUT2D eigenvalue weighted by atomic mass is 79.9. The summed E-state index contributed by atoms with van der Waals surface area (Å²) in [5.74, 6) is -2.43. The molecule has 3 rings (SSSR count). The molecule has 0 radical (unpaired) electrons. The number of hydrogen-bond donors (Lipinski definition) is 3. The van der Waals surface area contributed by atoms with Crippen LogP contribution in [0.15, 0.2) is 27.8 Å². The lowest BCUT2D eigenvalue weighted by molar-refractivity contribution is -0.139. The third-order valence-electron chi connectivity index (χ3n) is 6.32. The molecule has 2 aliphatic rings. The maximum atomic E-state index is 13.5. The van der Waals surface area contributed by atoms with Crippen LogP contribution in [-0.4, -0.2) is 54.9 Å². The highest BCUT2D eigenvalue weighted by Crippen LogP contribution is 2.46. The zero-order valence-electron chi connectivity index (χ0n) is 21.8. The zero-order valence-corrected chi connectivity index (χ0v) is 20.4. The average molecular weight is 566 g/mol. The van der Waals surface area contributed by atoms with Gasteiger partial charge >= 0.3 is 24.1 Å². The number of methoxy groups -OCH3 is 1. The van der Waals surface area contributed by atoms with Crippen molar-refractivity contribution in [3.63, 3.8) is 0 Å². The van der Waals surface area contributed by atoms with Crippen LogP contribution in [0.5, 0.6) is 0 Å². The SMILES string of the molecule is [2H]C([2H])([2H])NC(=O)C(=O)N[C@@H](C)CC1(OC)CCC2(CC1)OC(=O)NN=C2c1cccc(C(F)(F)F)c1Br. The summed E-state index contributed by atoms with van der Waals surface area (Å²) in [6, 6.07) is 3.00. The largest absolute Gasteiger partial charge is 0.435 e. The van der Waals surface area contributed by atoms with Gasteiger partial charge in [-0.05, 0) is 61.0 Å². The number of hydrogen-bond acceptors (Lipinski definition) is 6. The molecule has 1 atom stereocenters. The van der Waals surface area contributed by atoms with Crippen molar-refractivity contribution in [2.24, 2.45) is 5.10 Å². The second-order valence-electron chi connectivity index (χ2n) is 8.54. The van der Waals surface area contributed by atoms with Gasteiger partial charge in [-0.2, -0.15) is 18.3 Å². The van der Waals surface area contributed by atoms with Gasteiger partial charge in [0.2, 0.25) is 0 Å². The summed E-state index contributed by atoms with van der Waals surface area (Å²) in [7, 11) is 1.46. The highest BCUT2D eigenvalue weighted by molar-refractivity contribution is 9.10. The molecule has 0 aromatic heterocycles. The molecule has 1 aromatic rings. The van der Waals surface area contributed by atoms with Gasteiger partial charge in [-0.15, -0.1) is 0 Å². The summed E-state index contributed by atoms with van der Waals surface area (Å²) < 4.78 is 72.8. The topological polar surface area (TPSA) is 118 Å². The molecule has 3 amide bonds. The van der Waals surface area contributed by atoms with Crippen molar-refractivity contribution in [1.82, 2.24) is 16.1 Å². The second-order valence-corrected chi connectivity index (χ2v) is 9.33. The molecule has 1 spiro atoms. The van der Waals surface area contributed by atoms with Gasteiger partial charge in [-0.3, -0.25) is 9.59 Å². The standard InChI is InChI=1S/C22H26BrF3N4O5/c1-12(28-18(32)17(31)27-2)11-20(34-3)7-9-21(10-8-20)16(29-30-19(33)35-21)13-5-4-6-14(15(13)23)22(24,25)26/h4-6,12H,7-11H2,1-3H3,(H,27,31)(H,28,32)(H,30,33)/t12-,20?,21?/m0/s1/i2D3. The molecule has 0 saturated heterocycles. The Hall–Kier alpha value is -2.67. The van der Waals surface area contributed by atoms with E-state index in [4.69, 9.17) is 13.6 Å². The maximum absolute atomic E-state index is 13.5. The van der Waals surface area contributed by atoms with Crippen LogP contribution < -0.4 is 16.1 Å². The molecule has 3 N–H and O–H groups in total. The fourth-order valence-electron chi connectivity index (χ4n) is 4.59. The third kappa shape index (κ3) is 5.61. The van der Waals surface area contributed by atoms with Crippen LogP contribution in [0.2, 0.25) is 0 Å². The van der Waals surface area contributed by atoms with Crippen molar-refractivity contribution in [2.75, 3.05) is 14.1 Å². The predicted octanol–water partition coefficient (Wildman–Crippen LogP) is 3.25. The number of alkyl halides is 3. The minimum Gasteiger partial charge on any atom is -0.435 e. The Bertz CT molecular complexity index is 1140. The highest BCUT2D eigenvalue weighted by Gasteiger charge is 2.51. The number of benzene rings is 1. The van der Waals surface area contributed by atoms with Crippen LogP contribution >= 0.6 is 15.9 Å². The third-order valence-corrected chi connectivity index (χ3v) is 7.17. The molecule has 1 heterocycles. The van der Waals surface area contributed by atoms with Crippen LogP contribution in [0.4, 0.5) is 18.0 Å². The first kappa shape index (κ1) is 22.8. The molecular formula is C22H26BrF3N4O5. The molecule has 9 nitrogen and oxygen atoms in total. The fourth-order valence-corrected chi connectivity index (χ4v) is 5.26. The molecule has 192 valence electrons. The van der Waals surface area contributed by atoms with Gasteiger partial charge < -0.3 is 20.1 Å². The number of nitrogens with zero attached hydrogens (tertiary/aromatic N) is 1. The van der Waals surface area contributed by atoms with Crippen LogP contribution in [0, 0.1) is 0 Å². The molecule has 35 heavy (non-hydrogen) atoms. The Morgan fingerprint density at radius 2 is 2.00 bits per heavy atom.